The van der Waals surface area contributed by atoms with Gasteiger partial charge in [-0.2, -0.15) is 4.31 Å². The summed E-state index contributed by atoms with van der Waals surface area (Å²) < 4.78 is 38.9. The summed E-state index contributed by atoms with van der Waals surface area (Å²) in [4.78, 5) is 15.3. The van der Waals surface area contributed by atoms with Gasteiger partial charge in [0.1, 0.15) is 16.4 Å². The number of carbonyl (C=O) groups excluding carboxylic acids is 1. The molecule has 1 amide bonds. The van der Waals surface area contributed by atoms with E-state index in [-0.39, 0.29) is 29.0 Å². The van der Waals surface area contributed by atoms with Crippen LogP contribution in [-0.2, 0) is 21.2 Å². The van der Waals surface area contributed by atoms with Crippen LogP contribution in [0.15, 0.2) is 53.4 Å². The molecular weight excluding hydrogens is 452 g/mol. The van der Waals surface area contributed by atoms with Crippen molar-refractivity contribution in [2.75, 3.05) is 40.4 Å². The SMILES string of the molecule is COc1ccc(OC)c(S(=O)(=O)N2CCC[C@H](C(=O)N3CCC(Cc4ccccc4)CC3)C2)c1. The second kappa shape index (κ2) is 10.8. The molecule has 184 valence electrons. The summed E-state index contributed by atoms with van der Waals surface area (Å²) in [7, 11) is -0.874. The van der Waals surface area contributed by atoms with Crippen molar-refractivity contribution in [1.82, 2.24) is 9.21 Å². The lowest BCUT2D eigenvalue weighted by molar-refractivity contribution is -0.138. The Labute approximate surface area is 202 Å². The number of hydrogen-bond acceptors (Lipinski definition) is 5. The highest BCUT2D eigenvalue weighted by Gasteiger charge is 2.37. The van der Waals surface area contributed by atoms with Crippen molar-refractivity contribution >= 4 is 15.9 Å². The Morgan fingerprint density at radius 1 is 0.971 bits per heavy atom. The maximum absolute atomic E-state index is 13.5. The summed E-state index contributed by atoms with van der Waals surface area (Å²) in [5.41, 5.74) is 1.34. The molecule has 0 N–H and O–H groups in total. The van der Waals surface area contributed by atoms with Gasteiger partial charge >= 0.3 is 0 Å². The average molecular weight is 487 g/mol. The van der Waals surface area contributed by atoms with Crippen molar-refractivity contribution in [3.05, 3.63) is 54.1 Å². The van der Waals surface area contributed by atoms with Gasteiger partial charge in [-0.25, -0.2) is 8.42 Å². The van der Waals surface area contributed by atoms with Crippen LogP contribution in [0.25, 0.3) is 0 Å². The Balaban J connectivity index is 1.39. The molecule has 0 spiro atoms. The molecule has 0 unspecified atom stereocenters. The van der Waals surface area contributed by atoms with Gasteiger partial charge in [-0.3, -0.25) is 4.79 Å². The molecule has 0 aliphatic carbocycles. The lowest BCUT2D eigenvalue weighted by atomic mass is 9.89. The smallest absolute Gasteiger partial charge is 0.246 e. The van der Waals surface area contributed by atoms with Crippen LogP contribution < -0.4 is 9.47 Å². The van der Waals surface area contributed by atoms with Gasteiger partial charge in [-0.1, -0.05) is 30.3 Å². The highest BCUT2D eigenvalue weighted by molar-refractivity contribution is 7.89. The fourth-order valence-corrected chi connectivity index (χ4v) is 6.74. The zero-order chi connectivity index (χ0) is 24.1. The number of hydrogen-bond donors (Lipinski definition) is 0. The van der Waals surface area contributed by atoms with E-state index in [1.165, 1.54) is 30.2 Å². The van der Waals surface area contributed by atoms with Crippen LogP contribution in [0.5, 0.6) is 11.5 Å². The molecule has 0 bridgehead atoms. The predicted octanol–water partition coefficient (Wildman–Crippen LogP) is 3.59. The van der Waals surface area contributed by atoms with E-state index in [9.17, 15) is 13.2 Å². The van der Waals surface area contributed by atoms with Crippen LogP contribution in [0.3, 0.4) is 0 Å². The molecule has 8 heteroatoms. The summed E-state index contributed by atoms with van der Waals surface area (Å²) in [5, 5.41) is 0. The number of methoxy groups -OCH3 is 2. The predicted molar refractivity (Wildman–Crippen MR) is 130 cm³/mol. The monoisotopic (exact) mass is 486 g/mol. The molecule has 0 aromatic heterocycles. The second-order valence-electron chi connectivity index (χ2n) is 9.18. The van der Waals surface area contributed by atoms with E-state index >= 15 is 0 Å². The van der Waals surface area contributed by atoms with Gasteiger partial charge in [0.05, 0.1) is 20.1 Å². The molecule has 2 saturated heterocycles. The Bertz CT molecular complexity index is 1080. The first-order valence-corrected chi connectivity index (χ1v) is 13.4. The first-order chi connectivity index (χ1) is 16.4. The van der Waals surface area contributed by atoms with Gasteiger partial charge < -0.3 is 14.4 Å². The Morgan fingerprint density at radius 3 is 2.38 bits per heavy atom. The zero-order valence-electron chi connectivity index (χ0n) is 20.0. The molecule has 2 aromatic carbocycles. The molecule has 34 heavy (non-hydrogen) atoms. The first kappa shape index (κ1) is 24.5. The number of ether oxygens (including phenoxy) is 2. The Morgan fingerprint density at radius 2 is 1.71 bits per heavy atom. The number of amides is 1. The van der Waals surface area contributed by atoms with E-state index in [4.69, 9.17) is 9.47 Å². The average Bonchev–Trinajstić information content (AvgIpc) is 2.89. The normalized spacial score (nSPS) is 20.2. The van der Waals surface area contributed by atoms with Crippen molar-refractivity contribution in [2.45, 2.75) is 37.0 Å². The van der Waals surface area contributed by atoms with Gasteiger partial charge in [-0.05, 0) is 55.7 Å². The minimum atomic E-state index is -3.82. The van der Waals surface area contributed by atoms with Crippen molar-refractivity contribution in [2.24, 2.45) is 11.8 Å². The van der Waals surface area contributed by atoms with E-state index in [1.54, 1.807) is 12.1 Å². The maximum Gasteiger partial charge on any atom is 0.246 e. The summed E-state index contributed by atoms with van der Waals surface area (Å²) in [5.74, 6) is 1.06. The van der Waals surface area contributed by atoms with Crippen LogP contribution in [0, 0.1) is 11.8 Å². The van der Waals surface area contributed by atoms with Crippen molar-refractivity contribution in [3.8, 4) is 11.5 Å². The lowest BCUT2D eigenvalue weighted by Gasteiger charge is -2.37. The van der Waals surface area contributed by atoms with E-state index in [0.717, 1.165) is 32.4 Å². The highest BCUT2D eigenvalue weighted by Crippen LogP contribution is 2.33. The van der Waals surface area contributed by atoms with Crippen LogP contribution in [0.4, 0.5) is 0 Å². The summed E-state index contributed by atoms with van der Waals surface area (Å²) in [6.07, 6.45) is 4.38. The number of sulfonamides is 1. The molecule has 0 saturated carbocycles. The number of benzene rings is 2. The molecule has 0 radical (unpaired) electrons. The number of likely N-dealkylation sites (tertiary alicyclic amines) is 1. The van der Waals surface area contributed by atoms with Crippen LogP contribution in [-0.4, -0.2) is 63.9 Å². The zero-order valence-corrected chi connectivity index (χ0v) is 20.8. The van der Waals surface area contributed by atoms with Crippen molar-refractivity contribution < 1.29 is 22.7 Å². The molecule has 7 nitrogen and oxygen atoms in total. The number of nitrogens with zero attached hydrogens (tertiary/aromatic N) is 2. The summed E-state index contributed by atoms with van der Waals surface area (Å²) in [6.45, 7) is 2.07. The maximum atomic E-state index is 13.5. The number of piperidine rings is 2. The van der Waals surface area contributed by atoms with Gasteiger partial charge in [0.2, 0.25) is 15.9 Å². The molecule has 2 heterocycles. The molecule has 4 rings (SSSR count). The summed E-state index contributed by atoms with van der Waals surface area (Å²) >= 11 is 0. The Kier molecular flexibility index (Phi) is 7.78. The molecule has 1 atom stereocenters. The highest BCUT2D eigenvalue weighted by atomic mass is 32.2. The standard InChI is InChI=1S/C26H34N2O5S/c1-32-23-10-11-24(33-2)25(18-23)34(30,31)28-14-6-9-22(19-28)26(29)27-15-12-21(13-16-27)17-20-7-4-3-5-8-20/h3-5,7-8,10-11,18,21-22H,6,9,12-17,19H2,1-2H3/t22-/m0/s1. The van der Waals surface area contributed by atoms with Gasteiger partial charge in [0.15, 0.2) is 0 Å². The summed E-state index contributed by atoms with van der Waals surface area (Å²) in [6, 6.07) is 15.2. The van der Waals surface area contributed by atoms with Crippen LogP contribution >= 0.6 is 0 Å². The topological polar surface area (TPSA) is 76.1 Å². The number of carbonyl (C=O) groups is 1. The first-order valence-electron chi connectivity index (χ1n) is 12.0. The van der Waals surface area contributed by atoms with Gasteiger partial charge in [0, 0.05) is 32.2 Å². The minimum Gasteiger partial charge on any atom is -0.497 e. The third-order valence-electron chi connectivity index (χ3n) is 7.02. The van der Waals surface area contributed by atoms with Gasteiger partial charge in [-0.15, -0.1) is 0 Å². The molecular formula is C26H34N2O5S. The molecule has 2 aliphatic rings. The number of rotatable bonds is 7. The quantitative estimate of drug-likeness (QED) is 0.598. The van der Waals surface area contributed by atoms with Crippen molar-refractivity contribution in [3.63, 3.8) is 0 Å². The van der Waals surface area contributed by atoms with Crippen molar-refractivity contribution in [1.29, 1.82) is 0 Å². The fraction of sp³-hybridized carbons (Fsp3) is 0.500. The van der Waals surface area contributed by atoms with E-state index < -0.39 is 10.0 Å². The van der Waals surface area contributed by atoms with E-state index in [1.807, 2.05) is 11.0 Å². The lowest BCUT2D eigenvalue weighted by Crippen LogP contribution is -2.48. The van der Waals surface area contributed by atoms with Crippen LogP contribution in [0.2, 0.25) is 0 Å². The van der Waals surface area contributed by atoms with E-state index in [2.05, 4.69) is 24.3 Å². The second-order valence-corrected chi connectivity index (χ2v) is 11.1. The van der Waals surface area contributed by atoms with Crippen LogP contribution in [0.1, 0.15) is 31.2 Å². The van der Waals surface area contributed by atoms with E-state index in [0.29, 0.717) is 31.1 Å². The Hall–Kier alpha value is -2.58. The minimum absolute atomic E-state index is 0.0733. The van der Waals surface area contributed by atoms with Gasteiger partial charge in [0.25, 0.3) is 0 Å². The molecule has 2 aliphatic heterocycles. The fourth-order valence-electron chi connectivity index (χ4n) is 5.05. The largest absolute Gasteiger partial charge is 0.497 e. The third-order valence-corrected chi connectivity index (χ3v) is 8.90. The third kappa shape index (κ3) is 5.39. The molecule has 2 aromatic rings. The molecule has 2 fully saturated rings.